The summed E-state index contributed by atoms with van der Waals surface area (Å²) in [4.78, 5) is 58.0. The zero-order valence-electron chi connectivity index (χ0n) is 47.6. The Bertz CT molecular complexity index is 1710. The molecule has 0 saturated carbocycles. The van der Waals surface area contributed by atoms with Crippen LogP contribution < -0.4 is 0 Å². The molecule has 0 heterocycles. The Morgan fingerprint density at radius 1 is 0.377 bits per heavy atom. The molecule has 0 aromatic rings. The normalized spacial score (nSPS) is 15.1. The lowest BCUT2D eigenvalue weighted by Gasteiger charge is -2.21. The van der Waals surface area contributed by atoms with Crippen LogP contribution in [0.2, 0.25) is 0 Å². The molecule has 5 unspecified atom stereocenters. The summed E-state index contributed by atoms with van der Waals surface area (Å²) < 4.78 is 60.5. The molecular weight excluding hydrogens is 1030 g/mol. The summed E-state index contributed by atoms with van der Waals surface area (Å²) in [6, 6.07) is 0. The number of aliphatic hydroxyl groups is 2. The summed E-state index contributed by atoms with van der Waals surface area (Å²) in [6.07, 6.45) is 51.2. The number of rotatable bonds is 55. The highest BCUT2D eigenvalue weighted by molar-refractivity contribution is 7.47. The summed E-state index contributed by atoms with van der Waals surface area (Å²) in [6.45, 7) is 2.41. The number of carbonyl (C=O) groups excluding carboxylic acids is 3. The van der Waals surface area contributed by atoms with Crippen LogP contribution in [0.4, 0.5) is 0 Å². The van der Waals surface area contributed by atoms with E-state index in [4.69, 9.17) is 32.3 Å². The summed E-state index contributed by atoms with van der Waals surface area (Å²) in [5.74, 6) is -1.62. The van der Waals surface area contributed by atoms with Crippen LogP contribution in [-0.2, 0) is 55.8 Å². The van der Waals surface area contributed by atoms with Crippen LogP contribution in [0.15, 0.2) is 72.9 Å². The van der Waals surface area contributed by atoms with Crippen LogP contribution in [0.3, 0.4) is 0 Å². The van der Waals surface area contributed by atoms with Crippen molar-refractivity contribution in [2.45, 2.75) is 245 Å². The second-order valence-electron chi connectivity index (χ2n) is 19.4. The molecule has 4 N–H and O–H groups in total. The van der Waals surface area contributed by atoms with Gasteiger partial charge in [-0.3, -0.25) is 32.5 Å². The zero-order chi connectivity index (χ0) is 56.8. The van der Waals surface area contributed by atoms with Crippen molar-refractivity contribution in [3.8, 4) is 0 Å². The Morgan fingerprint density at radius 2 is 0.701 bits per heavy atom. The highest BCUT2D eigenvalue weighted by Gasteiger charge is 2.29. The van der Waals surface area contributed by atoms with Gasteiger partial charge in [0.2, 0.25) is 0 Å². The van der Waals surface area contributed by atoms with Gasteiger partial charge in [-0.2, -0.15) is 0 Å². The van der Waals surface area contributed by atoms with Gasteiger partial charge in [-0.15, -0.1) is 0 Å². The van der Waals surface area contributed by atoms with Gasteiger partial charge in [-0.1, -0.05) is 177 Å². The van der Waals surface area contributed by atoms with E-state index in [9.17, 15) is 43.5 Å². The number of allylic oxidation sites excluding steroid dienone is 12. The lowest BCUT2D eigenvalue weighted by molar-refractivity contribution is -0.161. The SMILES string of the molecule is CC/C=C\C/C=C\C/C=C\CCCCCCCC(=O)OCC(O)COP(=O)(O)OCC(O)COP(=O)(O)OCC(COC(=O)CCCCCCC/C=C\C/C=C\CCCCC)OC(=O)CCCCCCC/C=C\CCCC. The van der Waals surface area contributed by atoms with Gasteiger partial charge in [0.25, 0.3) is 0 Å². The fraction of sp³-hybridized carbons (Fsp3) is 0.746. The van der Waals surface area contributed by atoms with Crippen LogP contribution in [0.1, 0.15) is 226 Å². The third-order valence-corrected chi connectivity index (χ3v) is 13.8. The highest BCUT2D eigenvalue weighted by atomic mass is 31.2. The van der Waals surface area contributed by atoms with Gasteiger partial charge in [0, 0.05) is 19.3 Å². The third kappa shape index (κ3) is 54.7. The second kappa shape index (κ2) is 53.6. The predicted octanol–water partition coefficient (Wildman–Crippen LogP) is 14.9. The van der Waals surface area contributed by atoms with Gasteiger partial charge < -0.3 is 34.2 Å². The topological polar surface area (TPSA) is 231 Å². The summed E-state index contributed by atoms with van der Waals surface area (Å²) in [5, 5.41) is 20.4. The molecule has 0 spiro atoms. The monoisotopic (exact) mass is 1130 g/mol. The maximum atomic E-state index is 12.8. The number of unbranched alkanes of at least 4 members (excludes halogenated alkanes) is 20. The van der Waals surface area contributed by atoms with E-state index in [0.717, 1.165) is 135 Å². The van der Waals surface area contributed by atoms with Gasteiger partial charge in [-0.05, 0) is 103 Å². The Balaban J connectivity index is 4.70. The van der Waals surface area contributed by atoms with E-state index in [0.29, 0.717) is 19.3 Å². The zero-order valence-corrected chi connectivity index (χ0v) is 49.4. The minimum atomic E-state index is -4.92. The molecule has 0 aromatic heterocycles. The van der Waals surface area contributed by atoms with Crippen molar-refractivity contribution in [2.24, 2.45) is 0 Å². The quantitative estimate of drug-likeness (QED) is 0.0146. The van der Waals surface area contributed by atoms with Gasteiger partial charge in [-0.25, -0.2) is 9.13 Å². The number of phosphoric acid groups is 2. The van der Waals surface area contributed by atoms with E-state index >= 15 is 0 Å². The molecule has 0 saturated heterocycles. The molecule has 77 heavy (non-hydrogen) atoms. The van der Waals surface area contributed by atoms with Crippen molar-refractivity contribution in [2.75, 3.05) is 39.6 Å². The summed E-state index contributed by atoms with van der Waals surface area (Å²) in [7, 11) is -9.76. The van der Waals surface area contributed by atoms with Crippen molar-refractivity contribution < 1.29 is 75.8 Å². The second-order valence-corrected chi connectivity index (χ2v) is 22.3. The molecule has 446 valence electrons. The molecule has 0 aliphatic heterocycles. The number of aliphatic hydroxyl groups excluding tert-OH is 2. The summed E-state index contributed by atoms with van der Waals surface area (Å²) >= 11 is 0. The van der Waals surface area contributed by atoms with E-state index in [1.165, 1.54) is 32.1 Å². The van der Waals surface area contributed by atoms with E-state index in [1.54, 1.807) is 0 Å². The molecule has 18 heteroatoms. The van der Waals surface area contributed by atoms with Gasteiger partial charge >= 0.3 is 33.6 Å². The minimum absolute atomic E-state index is 0.0912. The Kier molecular flexibility index (Phi) is 51.5. The number of ether oxygens (including phenoxy) is 3. The fourth-order valence-corrected chi connectivity index (χ4v) is 8.94. The maximum Gasteiger partial charge on any atom is 0.472 e. The smallest absolute Gasteiger partial charge is 0.463 e. The Labute approximate surface area is 464 Å². The predicted molar refractivity (Wildman–Crippen MR) is 307 cm³/mol. The molecule has 0 aliphatic carbocycles. The molecule has 0 bridgehead atoms. The molecule has 0 rings (SSSR count). The minimum Gasteiger partial charge on any atom is -0.463 e. The van der Waals surface area contributed by atoms with E-state index < -0.39 is 91.5 Å². The Morgan fingerprint density at radius 3 is 1.14 bits per heavy atom. The van der Waals surface area contributed by atoms with Gasteiger partial charge in [0.15, 0.2) is 6.10 Å². The number of carbonyl (C=O) groups is 3. The first-order valence-electron chi connectivity index (χ1n) is 29.2. The third-order valence-electron chi connectivity index (χ3n) is 11.9. The van der Waals surface area contributed by atoms with Crippen molar-refractivity contribution in [3.05, 3.63) is 72.9 Å². The van der Waals surface area contributed by atoms with Gasteiger partial charge in [0.05, 0.1) is 26.4 Å². The van der Waals surface area contributed by atoms with Crippen molar-refractivity contribution in [3.63, 3.8) is 0 Å². The molecule has 0 aliphatic rings. The van der Waals surface area contributed by atoms with Crippen LogP contribution in [0.5, 0.6) is 0 Å². The van der Waals surface area contributed by atoms with Gasteiger partial charge in [0.1, 0.15) is 25.4 Å². The molecule has 0 radical (unpaired) electrons. The van der Waals surface area contributed by atoms with Crippen LogP contribution in [0, 0.1) is 0 Å². The number of phosphoric ester groups is 2. The first-order valence-corrected chi connectivity index (χ1v) is 32.2. The summed E-state index contributed by atoms with van der Waals surface area (Å²) in [5.41, 5.74) is 0. The number of esters is 3. The first kappa shape index (κ1) is 74.0. The average molecular weight is 1130 g/mol. The standard InChI is InChI=1S/C59H104O16P2/c1-4-7-10-13-16-19-22-24-26-28-31-33-36-39-42-45-57(62)69-48-54(60)49-71-76(65,66)72-50-55(61)51-73-77(67,68)74-53-56(75-59(64)47-44-41-38-35-30-21-18-15-12-9-6-3)52-70-58(63)46-43-40-37-34-32-29-27-25-23-20-17-14-11-8-5-2/h7,10,15-20,24-27,54-56,60-61H,4-6,8-9,11-14,21-23,28-53H2,1-3H3,(H,65,66)(H,67,68)/b10-7-,18-15-,19-16-,20-17-,26-24-,27-25-. The average Bonchev–Trinajstić information content (AvgIpc) is 3.40. The number of hydrogen-bond donors (Lipinski definition) is 4. The molecule has 0 fully saturated rings. The molecule has 16 nitrogen and oxygen atoms in total. The largest absolute Gasteiger partial charge is 0.472 e. The molecule has 0 aromatic carbocycles. The lowest BCUT2D eigenvalue weighted by Crippen LogP contribution is -2.30. The lowest BCUT2D eigenvalue weighted by atomic mass is 10.1. The van der Waals surface area contributed by atoms with E-state index in [2.05, 4.69) is 93.7 Å². The molecule has 5 atom stereocenters. The van der Waals surface area contributed by atoms with Crippen molar-refractivity contribution in [1.29, 1.82) is 0 Å². The number of hydrogen-bond acceptors (Lipinski definition) is 14. The highest BCUT2D eigenvalue weighted by Crippen LogP contribution is 2.45. The van der Waals surface area contributed by atoms with Crippen LogP contribution in [-0.4, -0.2) is 95.9 Å². The fourth-order valence-electron chi connectivity index (χ4n) is 7.36. The first-order chi connectivity index (χ1) is 37.2. The van der Waals surface area contributed by atoms with Crippen molar-refractivity contribution in [1.82, 2.24) is 0 Å². The van der Waals surface area contributed by atoms with Crippen LogP contribution in [0.25, 0.3) is 0 Å². The molecular formula is C59H104O16P2. The Hall–Kier alpha value is -3.01. The van der Waals surface area contributed by atoms with Crippen molar-refractivity contribution >= 4 is 33.6 Å². The molecule has 0 amide bonds. The van der Waals surface area contributed by atoms with E-state index in [-0.39, 0.29) is 19.3 Å². The maximum absolute atomic E-state index is 12.8. The van der Waals surface area contributed by atoms with Crippen LogP contribution >= 0.6 is 15.6 Å². The van der Waals surface area contributed by atoms with E-state index in [1.807, 2.05) is 0 Å².